The lowest BCUT2D eigenvalue weighted by atomic mass is 9.90. The number of nitrogens with zero attached hydrogens (tertiary/aromatic N) is 2. The maximum Gasteiger partial charge on any atom is 0.0439 e. The van der Waals surface area contributed by atoms with E-state index in [4.69, 9.17) is 0 Å². The zero-order chi connectivity index (χ0) is 19.4. The van der Waals surface area contributed by atoms with Gasteiger partial charge in [0.05, 0.1) is 0 Å². The molecule has 0 saturated carbocycles. The molecule has 2 aromatic rings. The first-order valence-corrected chi connectivity index (χ1v) is 9.33. The van der Waals surface area contributed by atoms with E-state index in [9.17, 15) is 0 Å². The van der Waals surface area contributed by atoms with Crippen LogP contribution < -0.4 is 15.1 Å². The molecule has 0 spiro atoms. The summed E-state index contributed by atoms with van der Waals surface area (Å²) < 4.78 is 0. The second kappa shape index (κ2) is 8.28. The van der Waals surface area contributed by atoms with Gasteiger partial charge in [0.25, 0.3) is 0 Å². The minimum Gasteiger partial charge on any atom is -0.378 e. The molecule has 0 fully saturated rings. The summed E-state index contributed by atoms with van der Waals surface area (Å²) >= 11 is 0. The number of hydrogen-bond acceptors (Lipinski definition) is 3. The number of anilines is 2. The van der Waals surface area contributed by atoms with Gasteiger partial charge in [-0.25, -0.2) is 0 Å². The third-order valence-electron chi connectivity index (χ3n) is 4.93. The smallest absolute Gasteiger partial charge is 0.0439 e. The Morgan fingerprint density at radius 2 is 1.11 bits per heavy atom. The van der Waals surface area contributed by atoms with Gasteiger partial charge in [-0.1, -0.05) is 48.6 Å². The van der Waals surface area contributed by atoms with Gasteiger partial charge in [0.2, 0.25) is 0 Å². The molecular formula is C24H29N3. The minimum atomic E-state index is 0.294. The van der Waals surface area contributed by atoms with Crippen molar-refractivity contribution in [1.29, 1.82) is 0 Å². The number of hydrogen-bond donors (Lipinski definition) is 1. The fourth-order valence-corrected chi connectivity index (χ4v) is 3.25. The van der Waals surface area contributed by atoms with Crippen molar-refractivity contribution in [3.8, 4) is 0 Å². The van der Waals surface area contributed by atoms with Crippen LogP contribution >= 0.6 is 0 Å². The van der Waals surface area contributed by atoms with E-state index in [2.05, 4.69) is 116 Å². The van der Waals surface area contributed by atoms with Crippen molar-refractivity contribution < 1.29 is 0 Å². The maximum atomic E-state index is 3.28. The molecule has 0 unspecified atom stereocenters. The van der Waals surface area contributed by atoms with E-state index >= 15 is 0 Å². The standard InChI is InChI=1S/C24H29N3/c1-25-21-12-6-18(7-13-21)24(19-8-14-22(15-9-19)26(2)3)20-10-16-23(17-11-20)27(4)5/h6-17,21,25H,1-5H3. The van der Waals surface area contributed by atoms with E-state index in [1.807, 2.05) is 7.05 Å². The normalized spacial score (nSPS) is 15.7. The van der Waals surface area contributed by atoms with E-state index in [1.54, 1.807) is 0 Å². The highest BCUT2D eigenvalue weighted by atomic mass is 15.1. The van der Waals surface area contributed by atoms with Gasteiger partial charge in [0.1, 0.15) is 0 Å². The zero-order valence-corrected chi connectivity index (χ0v) is 16.9. The highest BCUT2D eigenvalue weighted by Crippen LogP contribution is 2.32. The van der Waals surface area contributed by atoms with Crippen LogP contribution in [0.5, 0.6) is 0 Å². The second-order valence-electron chi connectivity index (χ2n) is 7.25. The van der Waals surface area contributed by atoms with Crippen molar-refractivity contribution >= 4 is 16.9 Å². The van der Waals surface area contributed by atoms with Crippen molar-refractivity contribution in [2.75, 3.05) is 45.0 Å². The highest BCUT2D eigenvalue weighted by Gasteiger charge is 2.13. The Kier molecular flexibility index (Phi) is 5.82. The summed E-state index contributed by atoms with van der Waals surface area (Å²) in [5.41, 5.74) is 7.35. The van der Waals surface area contributed by atoms with Gasteiger partial charge < -0.3 is 15.1 Å². The van der Waals surface area contributed by atoms with Crippen molar-refractivity contribution in [2.24, 2.45) is 0 Å². The lowest BCUT2D eigenvalue weighted by Gasteiger charge is -2.19. The summed E-state index contributed by atoms with van der Waals surface area (Å²) in [5, 5.41) is 3.28. The molecule has 1 aliphatic carbocycles. The molecule has 3 nitrogen and oxygen atoms in total. The molecule has 0 aliphatic heterocycles. The molecule has 3 rings (SSSR count). The van der Waals surface area contributed by atoms with Crippen LogP contribution in [0.1, 0.15) is 11.1 Å². The van der Waals surface area contributed by atoms with E-state index < -0.39 is 0 Å². The van der Waals surface area contributed by atoms with Gasteiger partial charge in [-0.05, 0) is 53.6 Å². The third-order valence-corrected chi connectivity index (χ3v) is 4.93. The summed E-state index contributed by atoms with van der Waals surface area (Å²) in [6, 6.07) is 17.8. The third kappa shape index (κ3) is 4.32. The van der Waals surface area contributed by atoms with Crippen LogP contribution in [0.4, 0.5) is 11.4 Å². The van der Waals surface area contributed by atoms with Crippen LogP contribution in [0, 0.1) is 0 Å². The van der Waals surface area contributed by atoms with Gasteiger partial charge in [-0.2, -0.15) is 0 Å². The van der Waals surface area contributed by atoms with Crippen molar-refractivity contribution in [3.05, 3.63) is 89.5 Å². The molecule has 0 aromatic heterocycles. The molecule has 0 bridgehead atoms. The van der Waals surface area contributed by atoms with Crippen LogP contribution in [0.15, 0.2) is 78.4 Å². The van der Waals surface area contributed by atoms with Gasteiger partial charge >= 0.3 is 0 Å². The first kappa shape index (κ1) is 19.0. The van der Waals surface area contributed by atoms with Crippen LogP contribution in [0.3, 0.4) is 0 Å². The predicted molar refractivity (Wildman–Crippen MR) is 119 cm³/mol. The number of rotatable bonds is 5. The Balaban J connectivity index is 2.08. The molecule has 0 atom stereocenters. The van der Waals surface area contributed by atoms with Gasteiger partial charge in [-0.15, -0.1) is 0 Å². The second-order valence-corrected chi connectivity index (χ2v) is 7.25. The van der Waals surface area contributed by atoms with Gasteiger partial charge in [0.15, 0.2) is 0 Å². The summed E-state index contributed by atoms with van der Waals surface area (Å²) in [6.45, 7) is 0. The molecule has 27 heavy (non-hydrogen) atoms. The Hall–Kier alpha value is -2.78. The molecule has 2 aromatic carbocycles. The van der Waals surface area contributed by atoms with E-state index in [1.165, 1.54) is 33.6 Å². The summed E-state index contributed by atoms with van der Waals surface area (Å²) in [4.78, 5) is 4.25. The highest BCUT2D eigenvalue weighted by molar-refractivity contribution is 5.86. The quantitative estimate of drug-likeness (QED) is 0.857. The topological polar surface area (TPSA) is 18.5 Å². The molecule has 1 aliphatic rings. The molecule has 3 heteroatoms. The summed E-state index contributed by atoms with van der Waals surface area (Å²) in [7, 11) is 10.3. The molecule has 0 saturated heterocycles. The number of likely N-dealkylation sites (N-methyl/N-ethyl adjacent to an activating group) is 1. The largest absolute Gasteiger partial charge is 0.378 e. The number of benzene rings is 2. The SMILES string of the molecule is CNC1C=CC(=C(c2ccc(N(C)C)cc2)c2ccc(N(C)C)cc2)C=C1. The lowest BCUT2D eigenvalue weighted by molar-refractivity contribution is 0.786. The fraction of sp³-hybridized carbons (Fsp3) is 0.250. The zero-order valence-electron chi connectivity index (χ0n) is 16.9. The van der Waals surface area contributed by atoms with E-state index in [-0.39, 0.29) is 0 Å². The van der Waals surface area contributed by atoms with Crippen LogP contribution in [-0.2, 0) is 0 Å². The van der Waals surface area contributed by atoms with E-state index in [0.717, 1.165) is 0 Å². The lowest BCUT2D eigenvalue weighted by Crippen LogP contribution is -2.21. The number of allylic oxidation sites excluding steroid dienone is 3. The molecular weight excluding hydrogens is 330 g/mol. The first-order valence-electron chi connectivity index (χ1n) is 9.33. The Morgan fingerprint density at radius 3 is 1.44 bits per heavy atom. The average molecular weight is 360 g/mol. The Bertz CT molecular complexity index is 784. The fourth-order valence-electron chi connectivity index (χ4n) is 3.25. The van der Waals surface area contributed by atoms with Crippen LogP contribution in [0.2, 0.25) is 0 Å². The van der Waals surface area contributed by atoms with Gasteiger partial charge in [-0.3, -0.25) is 0 Å². The Labute approximate surface area is 163 Å². The molecule has 0 amide bonds. The summed E-state index contributed by atoms with van der Waals surface area (Å²) in [5.74, 6) is 0. The number of nitrogens with one attached hydrogen (secondary N) is 1. The summed E-state index contributed by atoms with van der Waals surface area (Å²) in [6.07, 6.45) is 8.85. The molecule has 1 N–H and O–H groups in total. The van der Waals surface area contributed by atoms with Crippen LogP contribution in [0.25, 0.3) is 5.57 Å². The predicted octanol–water partition coefficient (Wildman–Crippen LogP) is 4.33. The average Bonchev–Trinajstić information content (AvgIpc) is 2.69. The van der Waals surface area contributed by atoms with E-state index in [0.29, 0.717) is 6.04 Å². The first-order chi connectivity index (χ1) is 13.0. The Morgan fingerprint density at radius 1 is 0.704 bits per heavy atom. The van der Waals surface area contributed by atoms with Crippen molar-refractivity contribution in [1.82, 2.24) is 5.32 Å². The molecule has 0 radical (unpaired) electrons. The van der Waals surface area contributed by atoms with Gasteiger partial charge in [0, 0.05) is 45.6 Å². The van der Waals surface area contributed by atoms with Crippen molar-refractivity contribution in [3.63, 3.8) is 0 Å². The minimum absolute atomic E-state index is 0.294. The molecule has 140 valence electrons. The monoisotopic (exact) mass is 359 g/mol. The molecule has 0 heterocycles. The maximum absolute atomic E-state index is 3.28. The van der Waals surface area contributed by atoms with Crippen LogP contribution in [-0.4, -0.2) is 41.3 Å². The van der Waals surface area contributed by atoms with Crippen molar-refractivity contribution in [2.45, 2.75) is 6.04 Å².